The molecule has 0 spiro atoms. The average molecular weight is 506 g/mol. The molecule has 36 heavy (non-hydrogen) atoms. The van der Waals surface area contributed by atoms with Crippen LogP contribution in [0.25, 0.3) is 0 Å². The maximum Gasteiger partial charge on any atom is 0.273 e. The number of amides is 2. The Bertz CT molecular complexity index is 1200. The molecule has 2 N–H and O–H groups in total. The second kappa shape index (κ2) is 11.2. The highest BCUT2D eigenvalue weighted by molar-refractivity contribution is 5.92. The van der Waals surface area contributed by atoms with Gasteiger partial charge in [0.2, 0.25) is 5.91 Å². The molecule has 192 valence electrons. The van der Waals surface area contributed by atoms with Crippen molar-refractivity contribution in [2.24, 2.45) is 0 Å². The molecular formula is C21H25F3N10O2. The van der Waals surface area contributed by atoms with Crippen molar-refractivity contribution in [3.8, 4) is 0 Å². The average Bonchev–Trinajstić information content (AvgIpc) is 3.56. The first-order chi connectivity index (χ1) is 17.3. The van der Waals surface area contributed by atoms with E-state index in [-0.39, 0.29) is 43.3 Å². The number of carbonyl (C=O) groups excluding carboxylic acids is 2. The Hall–Kier alpha value is -3.88. The number of nitrogens with zero attached hydrogens (tertiary/aromatic N) is 8. The molecule has 0 saturated carbocycles. The number of halogens is 3. The van der Waals surface area contributed by atoms with Crippen LogP contribution in [0, 0.1) is 5.82 Å². The van der Waals surface area contributed by atoms with Gasteiger partial charge in [0.15, 0.2) is 11.5 Å². The zero-order valence-electron chi connectivity index (χ0n) is 19.3. The van der Waals surface area contributed by atoms with Crippen LogP contribution in [0.15, 0.2) is 30.7 Å². The summed E-state index contributed by atoms with van der Waals surface area (Å²) < 4.78 is 43.2. The standard InChI is InChI=1S/C21H25F3N10O2/c22-15-4-3-6-25-16(15)10-26-20(36)17-11-33(30-28-17)7-1-2-8-34-12-18(29-31-34)27-19(35)13-32-9-5-21(23,24)14-32/h3-4,6,11-12H,1-2,5,7-10,13-14H2,(H,26,36)(H,27,35). The van der Waals surface area contributed by atoms with Crippen molar-refractivity contribution < 1.29 is 22.8 Å². The molecule has 0 aliphatic carbocycles. The predicted octanol–water partition coefficient (Wildman–Crippen LogP) is 1.09. The number of likely N-dealkylation sites (tertiary alicyclic amines) is 1. The number of carbonyl (C=O) groups is 2. The minimum atomic E-state index is -2.75. The van der Waals surface area contributed by atoms with Gasteiger partial charge in [-0.25, -0.2) is 13.2 Å². The lowest BCUT2D eigenvalue weighted by molar-refractivity contribution is -0.117. The molecule has 0 bridgehead atoms. The summed E-state index contributed by atoms with van der Waals surface area (Å²) in [5.74, 6) is -3.90. The molecule has 12 nitrogen and oxygen atoms in total. The van der Waals surface area contributed by atoms with Crippen LogP contribution in [0.3, 0.4) is 0 Å². The zero-order valence-corrected chi connectivity index (χ0v) is 19.3. The lowest BCUT2D eigenvalue weighted by Crippen LogP contribution is -2.33. The fraction of sp³-hybridized carbons (Fsp3) is 0.476. The van der Waals surface area contributed by atoms with Crippen LogP contribution in [0.5, 0.6) is 0 Å². The van der Waals surface area contributed by atoms with Crippen molar-refractivity contribution in [1.29, 1.82) is 0 Å². The number of pyridine rings is 1. The summed E-state index contributed by atoms with van der Waals surface area (Å²) in [6.07, 6.45) is 5.68. The molecule has 0 aromatic carbocycles. The Kier molecular flexibility index (Phi) is 7.87. The number of unbranched alkanes of at least 4 members (excludes halogenated alkanes) is 1. The largest absolute Gasteiger partial charge is 0.345 e. The Morgan fingerprint density at radius 3 is 2.56 bits per heavy atom. The van der Waals surface area contributed by atoms with Crippen molar-refractivity contribution >= 4 is 17.6 Å². The number of nitrogens with one attached hydrogen (secondary N) is 2. The summed E-state index contributed by atoms with van der Waals surface area (Å²) in [4.78, 5) is 29.5. The van der Waals surface area contributed by atoms with Gasteiger partial charge in [-0.3, -0.25) is 28.8 Å². The number of alkyl halides is 2. The van der Waals surface area contributed by atoms with E-state index in [1.54, 1.807) is 10.9 Å². The third kappa shape index (κ3) is 7.07. The number of aryl methyl sites for hydroxylation is 2. The van der Waals surface area contributed by atoms with Crippen molar-refractivity contribution in [2.75, 3.05) is 25.0 Å². The number of hydrogen-bond acceptors (Lipinski definition) is 8. The first-order valence-corrected chi connectivity index (χ1v) is 11.4. The summed E-state index contributed by atoms with van der Waals surface area (Å²) in [7, 11) is 0. The van der Waals surface area contributed by atoms with E-state index in [4.69, 9.17) is 0 Å². The van der Waals surface area contributed by atoms with Gasteiger partial charge in [-0.05, 0) is 25.0 Å². The minimum Gasteiger partial charge on any atom is -0.345 e. The Labute approximate surface area is 203 Å². The van der Waals surface area contributed by atoms with Crippen LogP contribution >= 0.6 is 0 Å². The maximum absolute atomic E-state index is 13.6. The van der Waals surface area contributed by atoms with Crippen LogP contribution in [0.4, 0.5) is 19.0 Å². The normalized spacial score (nSPS) is 15.2. The van der Waals surface area contributed by atoms with E-state index in [0.717, 1.165) is 0 Å². The monoisotopic (exact) mass is 506 g/mol. The van der Waals surface area contributed by atoms with E-state index in [1.165, 1.54) is 34.1 Å². The zero-order chi connectivity index (χ0) is 25.5. The molecule has 4 rings (SSSR count). The highest BCUT2D eigenvalue weighted by Crippen LogP contribution is 2.26. The van der Waals surface area contributed by atoms with Crippen LogP contribution in [0.1, 0.15) is 35.4 Å². The number of rotatable bonds is 11. The third-order valence-electron chi connectivity index (χ3n) is 5.47. The Morgan fingerprint density at radius 1 is 1.08 bits per heavy atom. The van der Waals surface area contributed by atoms with Gasteiger partial charge in [-0.1, -0.05) is 10.4 Å². The number of hydrogen-bond donors (Lipinski definition) is 2. The Balaban J connectivity index is 1.14. The third-order valence-corrected chi connectivity index (χ3v) is 5.47. The van der Waals surface area contributed by atoms with E-state index in [0.29, 0.717) is 25.9 Å². The van der Waals surface area contributed by atoms with Gasteiger partial charge in [0, 0.05) is 32.3 Å². The summed E-state index contributed by atoms with van der Waals surface area (Å²) in [5, 5.41) is 20.7. The fourth-order valence-electron chi connectivity index (χ4n) is 3.65. The maximum atomic E-state index is 13.6. The van der Waals surface area contributed by atoms with E-state index in [9.17, 15) is 22.8 Å². The van der Waals surface area contributed by atoms with Gasteiger partial charge >= 0.3 is 0 Å². The number of anilines is 1. The van der Waals surface area contributed by atoms with Crippen molar-refractivity contribution in [3.05, 3.63) is 47.9 Å². The topological polar surface area (TPSA) is 136 Å². The molecule has 1 aliphatic heterocycles. The molecule has 3 aromatic heterocycles. The molecule has 0 atom stereocenters. The van der Waals surface area contributed by atoms with Crippen molar-refractivity contribution in [2.45, 2.75) is 44.8 Å². The molecule has 1 aliphatic rings. The molecular weight excluding hydrogens is 481 g/mol. The van der Waals surface area contributed by atoms with Gasteiger partial charge in [0.25, 0.3) is 11.8 Å². The molecule has 2 amide bonds. The molecule has 1 saturated heterocycles. The van der Waals surface area contributed by atoms with Crippen molar-refractivity contribution in [3.63, 3.8) is 0 Å². The molecule has 0 radical (unpaired) electrons. The fourth-order valence-corrected chi connectivity index (χ4v) is 3.65. The number of aromatic nitrogens is 7. The molecule has 4 heterocycles. The van der Waals surface area contributed by atoms with E-state index >= 15 is 0 Å². The van der Waals surface area contributed by atoms with Gasteiger partial charge < -0.3 is 10.6 Å². The lowest BCUT2D eigenvalue weighted by atomic mass is 10.3. The van der Waals surface area contributed by atoms with E-state index in [1.807, 2.05) is 0 Å². The van der Waals surface area contributed by atoms with E-state index in [2.05, 4.69) is 36.2 Å². The van der Waals surface area contributed by atoms with Crippen LogP contribution in [0.2, 0.25) is 0 Å². The smallest absolute Gasteiger partial charge is 0.273 e. The van der Waals surface area contributed by atoms with E-state index < -0.39 is 30.1 Å². The van der Waals surface area contributed by atoms with Crippen LogP contribution in [-0.4, -0.2) is 77.2 Å². The summed E-state index contributed by atoms with van der Waals surface area (Å²) in [6, 6.07) is 2.73. The van der Waals surface area contributed by atoms with Crippen molar-refractivity contribution in [1.82, 2.24) is 45.2 Å². The second-order valence-corrected chi connectivity index (χ2v) is 8.42. The molecule has 0 unspecified atom stereocenters. The second-order valence-electron chi connectivity index (χ2n) is 8.42. The highest BCUT2D eigenvalue weighted by Gasteiger charge is 2.38. The van der Waals surface area contributed by atoms with Gasteiger partial charge in [0.1, 0.15) is 5.82 Å². The summed E-state index contributed by atoms with van der Waals surface area (Å²) in [6.45, 7) is 0.604. The summed E-state index contributed by atoms with van der Waals surface area (Å²) in [5.41, 5.74) is 0.242. The van der Waals surface area contributed by atoms with Gasteiger partial charge in [0.05, 0.1) is 37.7 Å². The van der Waals surface area contributed by atoms with Crippen LogP contribution in [-0.2, 0) is 24.4 Å². The first kappa shape index (κ1) is 25.2. The molecule has 1 fully saturated rings. The highest BCUT2D eigenvalue weighted by atomic mass is 19.3. The Morgan fingerprint density at radius 2 is 1.83 bits per heavy atom. The first-order valence-electron chi connectivity index (χ1n) is 11.4. The van der Waals surface area contributed by atoms with Crippen LogP contribution < -0.4 is 10.6 Å². The SMILES string of the molecule is O=C(CN1CCC(F)(F)C1)Nc1cn(CCCCn2cc(C(=O)NCc3ncccc3F)nn2)nn1. The molecule has 3 aromatic rings. The van der Waals surface area contributed by atoms with Gasteiger partial charge in [-0.15, -0.1) is 10.2 Å². The lowest BCUT2D eigenvalue weighted by Gasteiger charge is -2.14. The molecule has 15 heteroatoms. The summed E-state index contributed by atoms with van der Waals surface area (Å²) >= 11 is 0. The minimum absolute atomic E-state index is 0.0626. The predicted molar refractivity (Wildman–Crippen MR) is 119 cm³/mol. The van der Waals surface area contributed by atoms with Gasteiger partial charge in [-0.2, -0.15) is 0 Å². The quantitative estimate of drug-likeness (QED) is 0.369.